The number of nitrogens with one attached hydrogen (secondary N) is 1. The molecule has 0 aromatic carbocycles. The number of H-pyrrole nitrogens is 1. The van der Waals surface area contributed by atoms with Gasteiger partial charge in [0.2, 0.25) is 0 Å². The van der Waals surface area contributed by atoms with E-state index < -0.39 is 11.7 Å². The van der Waals surface area contributed by atoms with Gasteiger partial charge >= 0.3 is 6.18 Å². The summed E-state index contributed by atoms with van der Waals surface area (Å²) in [5, 5.41) is 0.467. The van der Waals surface area contributed by atoms with E-state index in [0.717, 1.165) is 12.3 Å². The Morgan fingerprint density at radius 3 is 2.72 bits per heavy atom. The van der Waals surface area contributed by atoms with Crippen molar-refractivity contribution in [2.75, 3.05) is 6.61 Å². The molecule has 0 spiro atoms. The van der Waals surface area contributed by atoms with E-state index in [2.05, 4.69) is 14.7 Å². The third kappa shape index (κ3) is 3.76. The Morgan fingerprint density at radius 1 is 1.50 bits per heavy atom. The van der Waals surface area contributed by atoms with Gasteiger partial charge in [0.15, 0.2) is 0 Å². The van der Waals surface area contributed by atoms with Crippen LogP contribution in [0.5, 0.6) is 0 Å². The van der Waals surface area contributed by atoms with Gasteiger partial charge in [-0.05, 0) is 19.1 Å². The summed E-state index contributed by atoms with van der Waals surface area (Å²) in [6, 6.07) is 2.62. The summed E-state index contributed by atoms with van der Waals surface area (Å²) < 4.78 is 40.7. The number of fused-ring (bicyclic) bond motifs is 1. The summed E-state index contributed by atoms with van der Waals surface area (Å²) >= 11 is 0. The Labute approximate surface area is 101 Å². The normalized spacial score (nSPS) is 10.7. The van der Waals surface area contributed by atoms with Gasteiger partial charge in [-0.15, -0.1) is 0 Å². The lowest BCUT2D eigenvalue weighted by Crippen LogP contribution is -2.04. The molecule has 0 amide bonds. The Hall–Kier alpha value is -2.05. The smallest absolute Gasteiger partial charge is 0.417 e. The summed E-state index contributed by atoms with van der Waals surface area (Å²) in [4.78, 5) is 15.5. The van der Waals surface area contributed by atoms with Crippen molar-refractivity contribution in [1.82, 2.24) is 9.97 Å². The fraction of sp³-hybridized carbons (Fsp3) is 0.273. The van der Waals surface area contributed by atoms with Crippen molar-refractivity contribution in [3.8, 4) is 0 Å². The molecule has 2 rings (SSSR count). The van der Waals surface area contributed by atoms with Gasteiger partial charge in [0, 0.05) is 17.8 Å². The Balaban J connectivity index is 0.000000280. The van der Waals surface area contributed by atoms with Crippen LogP contribution >= 0.6 is 0 Å². The molecule has 98 valence electrons. The van der Waals surface area contributed by atoms with Crippen LogP contribution in [0.2, 0.25) is 0 Å². The second-order valence-corrected chi connectivity index (χ2v) is 3.19. The van der Waals surface area contributed by atoms with Crippen LogP contribution in [0.25, 0.3) is 11.0 Å². The van der Waals surface area contributed by atoms with E-state index >= 15 is 0 Å². The van der Waals surface area contributed by atoms with Gasteiger partial charge < -0.3 is 9.72 Å². The standard InChI is InChI=1S/C8H5F3N2.C3H6O2/c9-8(10,11)6-3-5-1-2-12-7(5)13-4-6;1-2-5-3-4/h1-4H,(H,12,13);3H,2H2,1H3. The van der Waals surface area contributed by atoms with Gasteiger partial charge in [0.05, 0.1) is 12.2 Å². The minimum atomic E-state index is -4.32. The first-order valence-electron chi connectivity index (χ1n) is 5.04. The molecule has 7 heteroatoms. The predicted octanol–water partition coefficient (Wildman–Crippen LogP) is 2.76. The molecule has 0 aliphatic heterocycles. The minimum Gasteiger partial charge on any atom is -0.468 e. The SMILES string of the molecule is CCOC=O.FC(F)(F)c1cnc2[nH]ccc2c1. The van der Waals surface area contributed by atoms with E-state index in [1.54, 1.807) is 19.2 Å². The highest BCUT2D eigenvalue weighted by Crippen LogP contribution is 2.29. The summed E-state index contributed by atoms with van der Waals surface area (Å²) in [6.07, 6.45) is -1.95. The number of alkyl halides is 3. The van der Waals surface area contributed by atoms with E-state index in [0.29, 0.717) is 24.1 Å². The Kier molecular flexibility index (Phi) is 4.70. The number of carbonyl (C=O) groups is 1. The number of halogens is 3. The van der Waals surface area contributed by atoms with Crippen LogP contribution in [0.1, 0.15) is 12.5 Å². The van der Waals surface area contributed by atoms with E-state index in [-0.39, 0.29) is 0 Å². The van der Waals surface area contributed by atoms with Crippen molar-refractivity contribution in [2.45, 2.75) is 13.1 Å². The maximum Gasteiger partial charge on any atom is 0.417 e. The molecule has 2 aromatic heterocycles. The highest BCUT2D eigenvalue weighted by molar-refractivity contribution is 5.75. The van der Waals surface area contributed by atoms with E-state index in [1.807, 2.05) is 0 Å². The van der Waals surface area contributed by atoms with Crippen molar-refractivity contribution < 1.29 is 22.7 Å². The third-order valence-electron chi connectivity index (χ3n) is 1.96. The monoisotopic (exact) mass is 260 g/mol. The van der Waals surface area contributed by atoms with E-state index in [1.165, 1.54) is 0 Å². The van der Waals surface area contributed by atoms with Gasteiger partial charge in [-0.25, -0.2) is 4.98 Å². The molecule has 2 aromatic rings. The zero-order chi connectivity index (χ0) is 13.6. The van der Waals surface area contributed by atoms with Crippen molar-refractivity contribution in [2.24, 2.45) is 0 Å². The van der Waals surface area contributed by atoms with Crippen LogP contribution < -0.4 is 0 Å². The van der Waals surface area contributed by atoms with Gasteiger partial charge in [-0.2, -0.15) is 13.2 Å². The quantitative estimate of drug-likeness (QED) is 0.845. The number of hydrogen-bond donors (Lipinski definition) is 1. The zero-order valence-corrected chi connectivity index (χ0v) is 9.49. The topological polar surface area (TPSA) is 55.0 Å². The van der Waals surface area contributed by atoms with Crippen LogP contribution in [-0.4, -0.2) is 23.0 Å². The van der Waals surface area contributed by atoms with Crippen molar-refractivity contribution in [3.63, 3.8) is 0 Å². The molecule has 0 saturated carbocycles. The number of carbonyl (C=O) groups excluding carboxylic acids is 1. The van der Waals surface area contributed by atoms with Crippen molar-refractivity contribution in [1.29, 1.82) is 0 Å². The molecule has 2 heterocycles. The number of ether oxygens (including phenoxy) is 1. The van der Waals surface area contributed by atoms with Crippen molar-refractivity contribution >= 4 is 17.5 Å². The van der Waals surface area contributed by atoms with Crippen LogP contribution in [0, 0.1) is 0 Å². The minimum absolute atomic E-state index is 0.431. The fourth-order valence-corrected chi connectivity index (χ4v) is 1.16. The van der Waals surface area contributed by atoms with Crippen LogP contribution in [-0.2, 0) is 15.7 Å². The molecule has 18 heavy (non-hydrogen) atoms. The highest BCUT2D eigenvalue weighted by atomic mass is 19.4. The van der Waals surface area contributed by atoms with Crippen LogP contribution in [0.15, 0.2) is 24.5 Å². The first-order chi connectivity index (χ1) is 8.49. The second-order valence-electron chi connectivity index (χ2n) is 3.19. The molecule has 4 nitrogen and oxygen atoms in total. The van der Waals surface area contributed by atoms with Gasteiger partial charge in [-0.1, -0.05) is 0 Å². The number of pyridine rings is 1. The highest BCUT2D eigenvalue weighted by Gasteiger charge is 2.30. The van der Waals surface area contributed by atoms with Gasteiger partial charge in [0.25, 0.3) is 6.47 Å². The molecule has 1 N–H and O–H groups in total. The number of nitrogens with zero attached hydrogens (tertiary/aromatic N) is 1. The van der Waals surface area contributed by atoms with Gasteiger partial charge in [0.1, 0.15) is 5.65 Å². The first kappa shape index (κ1) is 14.0. The van der Waals surface area contributed by atoms with E-state index in [4.69, 9.17) is 0 Å². The molecular formula is C11H11F3N2O2. The lowest BCUT2D eigenvalue weighted by Gasteiger charge is -2.04. The summed E-state index contributed by atoms with van der Waals surface area (Å²) in [5.41, 5.74) is -0.257. The lowest BCUT2D eigenvalue weighted by molar-refractivity contribution is -0.137. The lowest BCUT2D eigenvalue weighted by atomic mass is 10.2. The molecule has 0 saturated heterocycles. The zero-order valence-electron chi connectivity index (χ0n) is 9.49. The molecular weight excluding hydrogens is 249 g/mol. The maximum absolute atomic E-state index is 12.2. The Morgan fingerprint density at radius 2 is 2.22 bits per heavy atom. The van der Waals surface area contributed by atoms with Crippen LogP contribution in [0.4, 0.5) is 13.2 Å². The first-order valence-corrected chi connectivity index (χ1v) is 5.04. The molecule has 0 atom stereocenters. The fourth-order valence-electron chi connectivity index (χ4n) is 1.16. The molecule has 0 aliphatic carbocycles. The summed E-state index contributed by atoms with van der Waals surface area (Å²) in [7, 11) is 0. The maximum atomic E-state index is 12.2. The molecule has 0 aliphatic rings. The third-order valence-corrected chi connectivity index (χ3v) is 1.96. The largest absolute Gasteiger partial charge is 0.468 e. The number of aromatic amines is 1. The summed E-state index contributed by atoms with van der Waals surface area (Å²) in [5.74, 6) is 0. The molecule has 0 fully saturated rings. The average molecular weight is 260 g/mol. The summed E-state index contributed by atoms with van der Waals surface area (Å²) in [6.45, 7) is 2.66. The number of hydrogen-bond acceptors (Lipinski definition) is 3. The Bertz CT molecular complexity index is 508. The molecule has 0 bridgehead atoms. The number of rotatable bonds is 2. The second kappa shape index (κ2) is 6.04. The molecule has 0 unspecified atom stereocenters. The van der Waals surface area contributed by atoms with Crippen LogP contribution in [0.3, 0.4) is 0 Å². The number of aromatic nitrogens is 2. The molecule has 0 radical (unpaired) electrons. The average Bonchev–Trinajstić information content (AvgIpc) is 2.76. The predicted molar refractivity (Wildman–Crippen MR) is 58.8 cm³/mol. The van der Waals surface area contributed by atoms with E-state index in [9.17, 15) is 18.0 Å². The van der Waals surface area contributed by atoms with Crippen molar-refractivity contribution in [3.05, 3.63) is 30.1 Å². The van der Waals surface area contributed by atoms with Gasteiger partial charge in [-0.3, -0.25) is 4.79 Å².